The first-order valence-electron chi connectivity index (χ1n) is 5.76. The first-order chi connectivity index (χ1) is 8.16. The van der Waals surface area contributed by atoms with Gasteiger partial charge in [0.05, 0.1) is 12.5 Å². The number of rotatable bonds is 3. The third-order valence-electron chi connectivity index (χ3n) is 3.06. The van der Waals surface area contributed by atoms with E-state index in [1.54, 1.807) is 18.3 Å². The smallest absolute Gasteiger partial charge is 0.224 e. The van der Waals surface area contributed by atoms with Crippen molar-refractivity contribution in [2.75, 3.05) is 20.1 Å². The highest BCUT2D eigenvalue weighted by Crippen LogP contribution is 2.15. The number of hydrogen-bond donors (Lipinski definition) is 2. The monoisotopic (exact) mass is 235 g/mol. The van der Waals surface area contributed by atoms with Crippen LogP contribution in [0, 0.1) is 5.92 Å². The van der Waals surface area contributed by atoms with Crippen LogP contribution in [0.15, 0.2) is 18.3 Å². The van der Waals surface area contributed by atoms with Crippen molar-refractivity contribution in [2.45, 2.75) is 13.0 Å². The van der Waals surface area contributed by atoms with E-state index in [1.807, 2.05) is 7.05 Å². The molecule has 0 spiro atoms. The summed E-state index contributed by atoms with van der Waals surface area (Å²) in [6.07, 6.45) is 2.50. The summed E-state index contributed by atoms with van der Waals surface area (Å²) in [5, 5.41) is 12.3. The van der Waals surface area contributed by atoms with Crippen LogP contribution in [0.5, 0.6) is 5.75 Å². The van der Waals surface area contributed by atoms with E-state index >= 15 is 0 Å². The molecule has 92 valence electrons. The number of aromatic hydroxyl groups is 1. The number of nitrogens with zero attached hydrogens (tertiary/aromatic N) is 2. The van der Waals surface area contributed by atoms with Crippen molar-refractivity contribution in [1.29, 1.82) is 0 Å². The maximum atomic E-state index is 11.8. The Hall–Kier alpha value is -1.62. The van der Waals surface area contributed by atoms with E-state index in [0.717, 1.165) is 19.5 Å². The molecule has 2 N–H and O–H groups in total. The summed E-state index contributed by atoms with van der Waals surface area (Å²) < 4.78 is 0. The number of hydrogen-bond acceptors (Lipinski definition) is 4. The topological polar surface area (TPSA) is 65.5 Å². The van der Waals surface area contributed by atoms with Gasteiger partial charge in [0.2, 0.25) is 5.91 Å². The first-order valence-corrected chi connectivity index (χ1v) is 5.76. The Bertz CT molecular complexity index is 408. The number of carbonyl (C=O) groups excluding carboxylic acids is 1. The molecule has 1 unspecified atom stereocenters. The van der Waals surface area contributed by atoms with Crippen LogP contribution in [-0.2, 0) is 11.3 Å². The van der Waals surface area contributed by atoms with Crippen LogP contribution < -0.4 is 5.32 Å². The lowest BCUT2D eigenvalue weighted by Gasteiger charge is -2.11. The molecule has 0 aromatic carbocycles. The van der Waals surface area contributed by atoms with Crippen LogP contribution in [0.25, 0.3) is 0 Å². The number of nitrogens with one attached hydrogen (secondary N) is 1. The molecule has 0 radical (unpaired) electrons. The molecule has 0 aliphatic carbocycles. The minimum Gasteiger partial charge on any atom is -0.506 e. The molecule has 0 saturated carbocycles. The van der Waals surface area contributed by atoms with Crippen molar-refractivity contribution >= 4 is 5.91 Å². The number of carbonyl (C=O) groups is 1. The van der Waals surface area contributed by atoms with Gasteiger partial charge in [-0.3, -0.25) is 9.78 Å². The largest absolute Gasteiger partial charge is 0.506 e. The van der Waals surface area contributed by atoms with Crippen molar-refractivity contribution in [1.82, 2.24) is 15.2 Å². The lowest BCUT2D eigenvalue weighted by Crippen LogP contribution is -2.32. The summed E-state index contributed by atoms with van der Waals surface area (Å²) in [5.74, 6) is 0.224. The molecule has 1 saturated heterocycles. The predicted octanol–water partition coefficient (Wildman–Crippen LogP) is 0.355. The van der Waals surface area contributed by atoms with Gasteiger partial charge in [0.1, 0.15) is 11.4 Å². The highest BCUT2D eigenvalue weighted by Gasteiger charge is 2.25. The summed E-state index contributed by atoms with van der Waals surface area (Å²) in [7, 11) is 2.01. The average molecular weight is 235 g/mol. The zero-order chi connectivity index (χ0) is 12.3. The maximum absolute atomic E-state index is 11.8. The number of aromatic nitrogens is 1. The van der Waals surface area contributed by atoms with Gasteiger partial charge in [-0.05, 0) is 32.1 Å². The molecule has 17 heavy (non-hydrogen) atoms. The van der Waals surface area contributed by atoms with Gasteiger partial charge >= 0.3 is 0 Å². The second-order valence-corrected chi connectivity index (χ2v) is 4.43. The molecule has 1 amide bonds. The molecule has 5 heteroatoms. The van der Waals surface area contributed by atoms with Gasteiger partial charge < -0.3 is 15.3 Å². The minimum atomic E-state index is 0.0411. The molecular formula is C12H17N3O2. The Kier molecular flexibility index (Phi) is 3.58. The van der Waals surface area contributed by atoms with E-state index < -0.39 is 0 Å². The Morgan fingerprint density at radius 1 is 1.71 bits per heavy atom. The van der Waals surface area contributed by atoms with Gasteiger partial charge in [-0.2, -0.15) is 0 Å². The predicted molar refractivity (Wildman–Crippen MR) is 63.4 cm³/mol. The molecular weight excluding hydrogens is 218 g/mol. The summed E-state index contributed by atoms with van der Waals surface area (Å²) in [6.45, 7) is 2.05. The minimum absolute atomic E-state index is 0.0411. The van der Waals surface area contributed by atoms with E-state index in [1.165, 1.54) is 0 Å². The lowest BCUT2D eigenvalue weighted by molar-refractivity contribution is -0.124. The standard InChI is InChI=1S/C12H17N3O2/c1-15-6-4-9(8-15)12(17)14-7-10-11(16)3-2-5-13-10/h2-3,5,9,16H,4,6-8H2,1H3,(H,14,17). The van der Waals surface area contributed by atoms with Gasteiger partial charge in [-0.1, -0.05) is 0 Å². The second kappa shape index (κ2) is 5.14. The van der Waals surface area contributed by atoms with E-state index in [9.17, 15) is 9.90 Å². The molecule has 2 rings (SSSR count). The fraction of sp³-hybridized carbons (Fsp3) is 0.500. The van der Waals surface area contributed by atoms with Crippen LogP contribution in [0.4, 0.5) is 0 Å². The van der Waals surface area contributed by atoms with E-state index in [0.29, 0.717) is 5.69 Å². The van der Waals surface area contributed by atoms with Gasteiger partial charge in [0.25, 0.3) is 0 Å². The van der Waals surface area contributed by atoms with Gasteiger partial charge in [0.15, 0.2) is 0 Å². The van der Waals surface area contributed by atoms with Crippen LogP contribution in [0.2, 0.25) is 0 Å². The number of pyridine rings is 1. The Balaban J connectivity index is 1.86. The van der Waals surface area contributed by atoms with E-state index in [-0.39, 0.29) is 24.1 Å². The highest BCUT2D eigenvalue weighted by molar-refractivity contribution is 5.79. The molecule has 5 nitrogen and oxygen atoms in total. The Morgan fingerprint density at radius 3 is 3.18 bits per heavy atom. The van der Waals surface area contributed by atoms with Crippen molar-refractivity contribution in [3.8, 4) is 5.75 Å². The van der Waals surface area contributed by atoms with Crippen LogP contribution in [-0.4, -0.2) is 41.0 Å². The maximum Gasteiger partial charge on any atom is 0.224 e. The number of amides is 1. The van der Waals surface area contributed by atoms with E-state index in [2.05, 4.69) is 15.2 Å². The summed E-state index contributed by atoms with van der Waals surface area (Å²) in [4.78, 5) is 18.0. The Labute approximate surface area is 100 Å². The molecule has 1 aliphatic heterocycles. The molecule has 1 fully saturated rings. The lowest BCUT2D eigenvalue weighted by atomic mass is 10.1. The van der Waals surface area contributed by atoms with Crippen LogP contribution in [0.3, 0.4) is 0 Å². The fourth-order valence-corrected chi connectivity index (χ4v) is 2.03. The van der Waals surface area contributed by atoms with Crippen molar-refractivity contribution < 1.29 is 9.90 Å². The highest BCUT2D eigenvalue weighted by atomic mass is 16.3. The zero-order valence-electron chi connectivity index (χ0n) is 9.89. The van der Waals surface area contributed by atoms with Crippen LogP contribution in [0.1, 0.15) is 12.1 Å². The molecule has 2 heterocycles. The summed E-state index contributed by atoms with van der Waals surface area (Å²) in [5.41, 5.74) is 0.507. The fourth-order valence-electron chi connectivity index (χ4n) is 2.03. The zero-order valence-corrected chi connectivity index (χ0v) is 9.89. The third kappa shape index (κ3) is 2.94. The molecule has 0 bridgehead atoms. The summed E-state index contributed by atoms with van der Waals surface area (Å²) in [6, 6.07) is 3.23. The average Bonchev–Trinajstić information content (AvgIpc) is 2.74. The molecule has 1 aromatic rings. The van der Waals surface area contributed by atoms with Gasteiger partial charge in [-0.25, -0.2) is 0 Å². The van der Waals surface area contributed by atoms with Crippen LogP contribution >= 0.6 is 0 Å². The van der Waals surface area contributed by atoms with Crippen molar-refractivity contribution in [2.24, 2.45) is 5.92 Å². The molecule has 1 aromatic heterocycles. The molecule has 1 atom stereocenters. The van der Waals surface area contributed by atoms with E-state index in [4.69, 9.17) is 0 Å². The quantitative estimate of drug-likeness (QED) is 0.793. The number of likely N-dealkylation sites (tertiary alicyclic amines) is 1. The van der Waals surface area contributed by atoms with Gasteiger partial charge in [-0.15, -0.1) is 0 Å². The normalized spacial score (nSPS) is 20.4. The van der Waals surface area contributed by atoms with Crippen molar-refractivity contribution in [3.05, 3.63) is 24.0 Å². The Morgan fingerprint density at radius 2 is 2.53 bits per heavy atom. The van der Waals surface area contributed by atoms with Gasteiger partial charge in [0, 0.05) is 12.7 Å². The molecule has 1 aliphatic rings. The van der Waals surface area contributed by atoms with Crippen molar-refractivity contribution in [3.63, 3.8) is 0 Å². The first kappa shape index (κ1) is 11.9. The summed E-state index contributed by atoms with van der Waals surface area (Å²) >= 11 is 0. The SMILES string of the molecule is CN1CCC(C(=O)NCc2ncccc2O)C1. The third-order valence-corrected chi connectivity index (χ3v) is 3.06. The second-order valence-electron chi connectivity index (χ2n) is 4.43.